The number of hydrogen-bond donors (Lipinski definition) is 1. The van der Waals surface area contributed by atoms with E-state index in [-0.39, 0.29) is 0 Å². The number of nitrogens with zero attached hydrogens (tertiary/aromatic N) is 2. The quantitative estimate of drug-likeness (QED) is 0.781. The molecular formula is C15H13N3S. The van der Waals surface area contributed by atoms with E-state index in [2.05, 4.69) is 27.4 Å². The summed E-state index contributed by atoms with van der Waals surface area (Å²) in [6, 6.07) is 14.1. The highest BCUT2D eigenvalue weighted by Gasteiger charge is 2.07. The van der Waals surface area contributed by atoms with E-state index in [1.165, 1.54) is 0 Å². The van der Waals surface area contributed by atoms with E-state index in [4.69, 9.17) is 0 Å². The molecule has 94 valence electrons. The van der Waals surface area contributed by atoms with Gasteiger partial charge in [0.15, 0.2) is 0 Å². The van der Waals surface area contributed by atoms with Crippen molar-refractivity contribution in [3.63, 3.8) is 0 Å². The van der Waals surface area contributed by atoms with Gasteiger partial charge in [-0.2, -0.15) is 0 Å². The van der Waals surface area contributed by atoms with Crippen LogP contribution in [0.1, 0.15) is 0 Å². The second-order valence-electron chi connectivity index (χ2n) is 4.08. The molecule has 3 aromatic rings. The molecule has 1 N–H and O–H groups in total. The van der Waals surface area contributed by atoms with Crippen molar-refractivity contribution >= 4 is 17.0 Å². The third-order valence-electron chi connectivity index (χ3n) is 2.83. The molecular weight excluding hydrogens is 254 g/mol. The zero-order valence-electron chi connectivity index (χ0n) is 10.5. The van der Waals surface area contributed by atoms with Crippen molar-refractivity contribution in [3.8, 4) is 22.0 Å². The molecule has 0 radical (unpaired) electrons. The Morgan fingerprint density at radius 2 is 2.00 bits per heavy atom. The highest BCUT2D eigenvalue weighted by Crippen LogP contribution is 2.29. The third kappa shape index (κ3) is 2.48. The minimum absolute atomic E-state index is 0.912. The number of rotatable bonds is 3. The van der Waals surface area contributed by atoms with Crippen LogP contribution in [0, 0.1) is 0 Å². The van der Waals surface area contributed by atoms with Crippen molar-refractivity contribution in [2.45, 2.75) is 0 Å². The van der Waals surface area contributed by atoms with Gasteiger partial charge >= 0.3 is 0 Å². The Bertz CT molecular complexity index is 677. The number of benzene rings is 1. The van der Waals surface area contributed by atoms with E-state index >= 15 is 0 Å². The van der Waals surface area contributed by atoms with Gasteiger partial charge in [-0.1, -0.05) is 18.2 Å². The van der Waals surface area contributed by atoms with E-state index in [1.807, 2.05) is 42.8 Å². The third-order valence-corrected chi connectivity index (χ3v) is 3.72. The van der Waals surface area contributed by atoms with Gasteiger partial charge in [-0.25, -0.2) is 4.98 Å². The number of anilines is 1. The van der Waals surface area contributed by atoms with Gasteiger partial charge in [-0.15, -0.1) is 11.3 Å². The number of pyridine rings is 1. The standard InChI is InChI=1S/C15H13N3S/c1-16-12-6-4-5-11(9-12)15-18-14(10-19-15)13-7-2-3-8-17-13/h2-10,16H,1H3. The lowest BCUT2D eigenvalue weighted by atomic mass is 10.2. The second kappa shape index (κ2) is 5.20. The van der Waals surface area contributed by atoms with E-state index < -0.39 is 0 Å². The van der Waals surface area contributed by atoms with Gasteiger partial charge in [-0.05, 0) is 24.3 Å². The molecule has 0 spiro atoms. The molecule has 0 bridgehead atoms. The summed E-state index contributed by atoms with van der Waals surface area (Å²) in [7, 11) is 1.92. The molecule has 2 aromatic heterocycles. The van der Waals surface area contributed by atoms with Crippen molar-refractivity contribution in [1.29, 1.82) is 0 Å². The minimum atomic E-state index is 0.912. The molecule has 3 nitrogen and oxygen atoms in total. The Labute approximate surface area is 116 Å². The maximum Gasteiger partial charge on any atom is 0.124 e. The minimum Gasteiger partial charge on any atom is -0.388 e. The molecule has 0 atom stereocenters. The summed E-state index contributed by atoms with van der Waals surface area (Å²) in [4.78, 5) is 8.98. The largest absolute Gasteiger partial charge is 0.388 e. The van der Waals surface area contributed by atoms with Crippen molar-refractivity contribution < 1.29 is 0 Å². The van der Waals surface area contributed by atoms with Gasteiger partial charge in [-0.3, -0.25) is 4.98 Å². The molecule has 0 amide bonds. The fourth-order valence-electron chi connectivity index (χ4n) is 1.85. The Kier molecular flexibility index (Phi) is 3.25. The number of hydrogen-bond acceptors (Lipinski definition) is 4. The SMILES string of the molecule is CNc1cccc(-c2nc(-c3ccccn3)cs2)c1. The van der Waals surface area contributed by atoms with Crippen LogP contribution in [0.4, 0.5) is 5.69 Å². The molecule has 2 heterocycles. The summed E-state index contributed by atoms with van der Waals surface area (Å²) in [5, 5.41) is 6.20. The summed E-state index contributed by atoms with van der Waals surface area (Å²) >= 11 is 1.64. The van der Waals surface area contributed by atoms with Crippen LogP contribution in [0.25, 0.3) is 22.0 Å². The summed E-state index contributed by atoms with van der Waals surface area (Å²) < 4.78 is 0. The predicted molar refractivity (Wildman–Crippen MR) is 80.3 cm³/mol. The van der Waals surface area contributed by atoms with Gasteiger partial charge < -0.3 is 5.32 Å². The molecule has 4 heteroatoms. The van der Waals surface area contributed by atoms with E-state index in [9.17, 15) is 0 Å². The first-order chi connectivity index (χ1) is 9.36. The van der Waals surface area contributed by atoms with E-state index in [0.717, 1.165) is 27.6 Å². The van der Waals surface area contributed by atoms with Crippen molar-refractivity contribution in [3.05, 3.63) is 54.0 Å². The monoisotopic (exact) mass is 267 g/mol. The van der Waals surface area contributed by atoms with Crippen LogP contribution in [0.3, 0.4) is 0 Å². The van der Waals surface area contributed by atoms with E-state index in [0.29, 0.717) is 0 Å². The van der Waals surface area contributed by atoms with Crippen molar-refractivity contribution in [2.24, 2.45) is 0 Å². The summed E-state index contributed by atoms with van der Waals surface area (Å²) in [6.07, 6.45) is 1.79. The van der Waals surface area contributed by atoms with Gasteiger partial charge in [0.05, 0.1) is 5.69 Å². The number of thiazole rings is 1. The number of nitrogens with one attached hydrogen (secondary N) is 1. The molecule has 0 fully saturated rings. The fourth-order valence-corrected chi connectivity index (χ4v) is 2.66. The molecule has 0 aliphatic rings. The van der Waals surface area contributed by atoms with E-state index in [1.54, 1.807) is 17.5 Å². The van der Waals surface area contributed by atoms with Crippen LogP contribution in [0.15, 0.2) is 54.0 Å². The average Bonchev–Trinajstić information content (AvgIpc) is 2.98. The smallest absolute Gasteiger partial charge is 0.124 e. The Balaban J connectivity index is 1.97. The van der Waals surface area contributed by atoms with Crippen LogP contribution in [0.5, 0.6) is 0 Å². The van der Waals surface area contributed by atoms with Crippen LogP contribution < -0.4 is 5.32 Å². The van der Waals surface area contributed by atoms with Crippen LogP contribution in [-0.4, -0.2) is 17.0 Å². The highest BCUT2D eigenvalue weighted by molar-refractivity contribution is 7.13. The molecule has 0 aliphatic carbocycles. The van der Waals surface area contributed by atoms with Crippen LogP contribution in [-0.2, 0) is 0 Å². The predicted octanol–water partition coefficient (Wildman–Crippen LogP) is 3.91. The Morgan fingerprint density at radius 3 is 2.79 bits per heavy atom. The second-order valence-corrected chi connectivity index (χ2v) is 4.94. The lowest BCUT2D eigenvalue weighted by molar-refractivity contribution is 1.28. The normalized spacial score (nSPS) is 10.4. The lowest BCUT2D eigenvalue weighted by Crippen LogP contribution is -1.87. The van der Waals surface area contributed by atoms with Gasteiger partial charge in [0.1, 0.15) is 10.7 Å². The Morgan fingerprint density at radius 1 is 1.05 bits per heavy atom. The topological polar surface area (TPSA) is 37.8 Å². The van der Waals surface area contributed by atoms with Crippen molar-refractivity contribution in [2.75, 3.05) is 12.4 Å². The summed E-state index contributed by atoms with van der Waals surface area (Å²) in [5.41, 5.74) is 4.05. The zero-order chi connectivity index (χ0) is 13.1. The summed E-state index contributed by atoms with van der Waals surface area (Å²) in [5.74, 6) is 0. The van der Waals surface area contributed by atoms with Crippen molar-refractivity contribution in [1.82, 2.24) is 9.97 Å². The average molecular weight is 267 g/mol. The van der Waals surface area contributed by atoms with Gasteiger partial charge in [0.25, 0.3) is 0 Å². The molecule has 0 aliphatic heterocycles. The molecule has 1 aromatic carbocycles. The number of aromatic nitrogens is 2. The molecule has 3 rings (SSSR count). The van der Waals surface area contributed by atoms with Crippen LogP contribution in [0.2, 0.25) is 0 Å². The molecule has 0 saturated carbocycles. The lowest BCUT2D eigenvalue weighted by Gasteiger charge is -2.01. The van der Waals surface area contributed by atoms with Crippen LogP contribution >= 0.6 is 11.3 Å². The maximum absolute atomic E-state index is 4.65. The molecule has 0 unspecified atom stereocenters. The zero-order valence-corrected chi connectivity index (χ0v) is 11.3. The first kappa shape index (κ1) is 11.9. The fraction of sp³-hybridized carbons (Fsp3) is 0.0667. The maximum atomic E-state index is 4.65. The Hall–Kier alpha value is -2.20. The first-order valence-corrected chi connectivity index (χ1v) is 6.90. The van der Waals surface area contributed by atoms with Gasteiger partial charge in [0.2, 0.25) is 0 Å². The summed E-state index contributed by atoms with van der Waals surface area (Å²) in [6.45, 7) is 0. The molecule has 19 heavy (non-hydrogen) atoms. The van der Waals surface area contributed by atoms with Gasteiger partial charge in [0, 0.05) is 29.9 Å². The highest BCUT2D eigenvalue weighted by atomic mass is 32.1. The molecule has 0 saturated heterocycles. The first-order valence-electron chi connectivity index (χ1n) is 6.02.